The fourth-order valence-electron chi connectivity index (χ4n) is 1.83. The van der Waals surface area contributed by atoms with Gasteiger partial charge in [0, 0.05) is 17.1 Å². The van der Waals surface area contributed by atoms with Crippen LogP contribution in [-0.2, 0) is 4.74 Å². The molecule has 2 aromatic carbocycles. The molecule has 0 unspecified atom stereocenters. The summed E-state index contributed by atoms with van der Waals surface area (Å²) in [5.74, 6) is 0. The second kappa shape index (κ2) is 10.9. The predicted octanol–water partition coefficient (Wildman–Crippen LogP) is 6.05. The summed E-state index contributed by atoms with van der Waals surface area (Å²) in [5.41, 5.74) is 2.92. The molecule has 2 rings (SSSR count). The van der Waals surface area contributed by atoms with Crippen molar-refractivity contribution in [2.24, 2.45) is 5.18 Å². The highest BCUT2D eigenvalue weighted by Gasteiger charge is 2.00. The van der Waals surface area contributed by atoms with Gasteiger partial charge in [0.25, 0.3) is 0 Å². The van der Waals surface area contributed by atoms with Crippen molar-refractivity contribution in [2.45, 2.75) is 6.92 Å². The van der Waals surface area contributed by atoms with E-state index >= 15 is 0 Å². The Morgan fingerprint density at radius 1 is 1.25 bits per heavy atom. The number of hydrogen-bond acceptors (Lipinski definition) is 4. The molecular formula is C18H17BrClNO3. The summed E-state index contributed by atoms with van der Waals surface area (Å²) in [4.78, 5) is 20.2. The van der Waals surface area contributed by atoms with Crippen LogP contribution in [0.3, 0.4) is 0 Å². The third kappa shape index (κ3) is 6.35. The molecule has 0 N–H and O–H groups in total. The lowest BCUT2D eigenvalue weighted by molar-refractivity contribution is 0.112. The van der Waals surface area contributed by atoms with E-state index in [1.165, 1.54) is 29.3 Å². The van der Waals surface area contributed by atoms with Crippen LogP contribution in [0.15, 0.2) is 58.2 Å². The van der Waals surface area contributed by atoms with Crippen LogP contribution in [0, 0.1) is 4.91 Å². The van der Waals surface area contributed by atoms with Crippen LogP contribution in [0.4, 0.5) is 5.69 Å². The molecule has 0 spiro atoms. The number of aldehydes is 1. The number of ether oxygens (including phenoxy) is 1. The zero-order valence-electron chi connectivity index (χ0n) is 13.3. The Kier molecular flexibility index (Phi) is 9.15. The van der Waals surface area contributed by atoms with Crippen molar-refractivity contribution >= 4 is 45.1 Å². The number of nitroso groups, excluding NO2 is 1. The second-order valence-corrected chi connectivity index (χ2v) is 6.00. The van der Waals surface area contributed by atoms with Crippen LogP contribution in [0.5, 0.6) is 0 Å². The SMILES string of the molecule is C/C=C(\COC)c1ccc(Br)cc1.O=Cc1ccc(Cl)c(N=O)c1. The third-order valence-corrected chi connectivity index (χ3v) is 3.92. The van der Waals surface area contributed by atoms with Gasteiger partial charge in [-0.05, 0) is 47.5 Å². The van der Waals surface area contributed by atoms with Crippen LogP contribution in [0.25, 0.3) is 5.57 Å². The van der Waals surface area contributed by atoms with E-state index in [0.29, 0.717) is 18.5 Å². The smallest absolute Gasteiger partial charge is 0.150 e. The van der Waals surface area contributed by atoms with Crippen molar-refractivity contribution in [3.8, 4) is 0 Å². The standard InChI is InChI=1S/C11H13BrO.C7H4ClNO2/c1-3-9(8-13-2)10-4-6-11(12)7-5-10;8-6-2-1-5(4-10)3-7(6)9-11/h3-7H,8H2,1-2H3;1-4H/b9-3+;. The Balaban J connectivity index is 0.000000243. The second-order valence-electron chi connectivity index (χ2n) is 4.67. The lowest BCUT2D eigenvalue weighted by Crippen LogP contribution is -1.93. The molecule has 0 saturated heterocycles. The van der Waals surface area contributed by atoms with E-state index < -0.39 is 0 Å². The van der Waals surface area contributed by atoms with Crippen molar-refractivity contribution in [3.05, 3.63) is 74.1 Å². The number of methoxy groups -OCH3 is 1. The molecule has 0 fully saturated rings. The highest BCUT2D eigenvalue weighted by molar-refractivity contribution is 9.10. The van der Waals surface area contributed by atoms with Crippen LogP contribution in [0.1, 0.15) is 22.8 Å². The van der Waals surface area contributed by atoms with E-state index in [9.17, 15) is 9.70 Å². The number of nitrogens with zero attached hydrogens (tertiary/aromatic N) is 1. The minimum Gasteiger partial charge on any atom is -0.380 e. The highest BCUT2D eigenvalue weighted by Crippen LogP contribution is 2.24. The molecular weight excluding hydrogens is 394 g/mol. The van der Waals surface area contributed by atoms with Crippen molar-refractivity contribution in [3.63, 3.8) is 0 Å². The first kappa shape index (κ1) is 20.2. The van der Waals surface area contributed by atoms with Crippen molar-refractivity contribution in [2.75, 3.05) is 13.7 Å². The van der Waals surface area contributed by atoms with E-state index in [1.807, 2.05) is 19.1 Å². The number of carbonyl (C=O) groups is 1. The first-order valence-corrected chi connectivity index (χ1v) is 8.21. The van der Waals surface area contributed by atoms with Gasteiger partial charge in [0.15, 0.2) is 0 Å². The highest BCUT2D eigenvalue weighted by atomic mass is 79.9. The lowest BCUT2D eigenvalue weighted by Gasteiger charge is -2.05. The summed E-state index contributed by atoms with van der Waals surface area (Å²) < 4.78 is 6.20. The molecule has 0 aromatic heterocycles. The lowest BCUT2D eigenvalue weighted by atomic mass is 10.1. The minimum atomic E-state index is 0.0938. The summed E-state index contributed by atoms with van der Waals surface area (Å²) in [6, 6.07) is 12.5. The van der Waals surface area contributed by atoms with Gasteiger partial charge in [-0.25, -0.2) is 0 Å². The Morgan fingerprint density at radius 2 is 1.92 bits per heavy atom. The molecule has 0 radical (unpaired) electrons. The topological polar surface area (TPSA) is 55.7 Å². The molecule has 126 valence electrons. The van der Waals surface area contributed by atoms with Crippen LogP contribution in [-0.4, -0.2) is 20.0 Å². The van der Waals surface area contributed by atoms with Gasteiger partial charge in [-0.15, -0.1) is 4.91 Å². The Morgan fingerprint density at radius 3 is 2.42 bits per heavy atom. The normalized spacial score (nSPS) is 10.6. The number of benzene rings is 2. The maximum Gasteiger partial charge on any atom is 0.150 e. The molecule has 0 aliphatic rings. The Bertz CT molecular complexity index is 715. The van der Waals surface area contributed by atoms with Gasteiger partial charge in [-0.3, -0.25) is 4.79 Å². The number of hydrogen-bond donors (Lipinski definition) is 0. The van der Waals surface area contributed by atoms with Crippen molar-refractivity contribution in [1.82, 2.24) is 0 Å². The molecule has 0 saturated carbocycles. The molecule has 0 atom stereocenters. The summed E-state index contributed by atoms with van der Waals surface area (Å²) in [6.45, 7) is 2.69. The largest absolute Gasteiger partial charge is 0.380 e. The van der Waals surface area contributed by atoms with Gasteiger partial charge < -0.3 is 4.74 Å². The average molecular weight is 411 g/mol. The van der Waals surface area contributed by atoms with Crippen molar-refractivity contribution in [1.29, 1.82) is 0 Å². The van der Waals surface area contributed by atoms with Gasteiger partial charge in [0.1, 0.15) is 12.0 Å². The van der Waals surface area contributed by atoms with Crippen molar-refractivity contribution < 1.29 is 9.53 Å². The Hall–Kier alpha value is -1.82. The van der Waals surface area contributed by atoms with Gasteiger partial charge >= 0.3 is 0 Å². The molecule has 24 heavy (non-hydrogen) atoms. The number of carbonyl (C=O) groups excluding carboxylic acids is 1. The number of halogens is 2. The summed E-state index contributed by atoms with van der Waals surface area (Å²) in [6.07, 6.45) is 2.71. The van der Waals surface area contributed by atoms with E-state index in [2.05, 4.69) is 39.3 Å². The van der Waals surface area contributed by atoms with Gasteiger partial charge in [0.2, 0.25) is 0 Å². The zero-order chi connectivity index (χ0) is 17.9. The molecule has 0 amide bonds. The monoisotopic (exact) mass is 409 g/mol. The molecule has 0 bridgehead atoms. The predicted molar refractivity (Wildman–Crippen MR) is 102 cm³/mol. The maximum atomic E-state index is 10.2. The fourth-order valence-corrected chi connectivity index (χ4v) is 2.24. The van der Waals surface area contributed by atoms with Crippen LogP contribution < -0.4 is 0 Å². The summed E-state index contributed by atoms with van der Waals surface area (Å²) in [7, 11) is 1.71. The van der Waals surface area contributed by atoms with E-state index in [1.54, 1.807) is 7.11 Å². The first-order valence-electron chi connectivity index (χ1n) is 7.03. The van der Waals surface area contributed by atoms with E-state index in [4.69, 9.17) is 16.3 Å². The van der Waals surface area contributed by atoms with E-state index in [-0.39, 0.29) is 10.7 Å². The van der Waals surface area contributed by atoms with Gasteiger partial charge in [0.05, 0.1) is 11.6 Å². The van der Waals surface area contributed by atoms with Crippen LogP contribution in [0.2, 0.25) is 5.02 Å². The van der Waals surface area contributed by atoms with Crippen LogP contribution >= 0.6 is 27.5 Å². The maximum absolute atomic E-state index is 10.2. The molecule has 0 aliphatic carbocycles. The Labute approximate surface area is 154 Å². The number of rotatable bonds is 5. The average Bonchev–Trinajstić information content (AvgIpc) is 2.61. The quantitative estimate of drug-likeness (QED) is 0.445. The molecule has 0 heterocycles. The molecule has 4 nitrogen and oxygen atoms in total. The summed E-state index contributed by atoms with van der Waals surface area (Å²) in [5, 5.41) is 2.89. The number of allylic oxidation sites excluding steroid dienone is 1. The first-order chi connectivity index (χ1) is 11.5. The molecule has 2 aromatic rings. The molecule has 0 aliphatic heterocycles. The van der Waals surface area contributed by atoms with E-state index in [0.717, 1.165) is 4.47 Å². The minimum absolute atomic E-state index is 0.0938. The summed E-state index contributed by atoms with van der Waals surface area (Å²) >= 11 is 8.95. The zero-order valence-corrected chi connectivity index (χ0v) is 15.7. The fraction of sp³-hybridized carbons (Fsp3) is 0.167. The van der Waals surface area contributed by atoms with Gasteiger partial charge in [-0.1, -0.05) is 51.8 Å². The van der Waals surface area contributed by atoms with Gasteiger partial charge in [-0.2, -0.15) is 0 Å². The molecule has 6 heteroatoms. The third-order valence-electron chi connectivity index (χ3n) is 3.07.